The summed E-state index contributed by atoms with van der Waals surface area (Å²) < 4.78 is 5.17. The third-order valence-electron chi connectivity index (χ3n) is 7.66. The summed E-state index contributed by atoms with van der Waals surface area (Å²) in [6, 6.07) is 30.3. The van der Waals surface area contributed by atoms with E-state index in [1.54, 1.807) is 24.7 Å². The Hall–Kier alpha value is -4.62. The maximum atomic E-state index is 5.17. The van der Waals surface area contributed by atoms with Crippen LogP contribution in [0.15, 0.2) is 121 Å². The van der Waals surface area contributed by atoms with Crippen molar-refractivity contribution in [2.45, 2.75) is 13.1 Å². The molecule has 0 saturated heterocycles. The number of pyridine rings is 4. The Bertz CT molecular complexity index is 2020. The molecule has 0 saturated carbocycles. The monoisotopic (exact) mass is 752 g/mol. The smallest absolute Gasteiger partial charge is 0.160 e. The van der Waals surface area contributed by atoms with Crippen molar-refractivity contribution in [3.8, 4) is 44.8 Å². The van der Waals surface area contributed by atoms with E-state index in [2.05, 4.69) is 86.8 Å². The molecule has 0 spiro atoms. The predicted molar refractivity (Wildman–Crippen MR) is 168 cm³/mol. The van der Waals surface area contributed by atoms with E-state index in [1.165, 1.54) is 27.1 Å². The van der Waals surface area contributed by atoms with E-state index in [0.29, 0.717) is 0 Å². The summed E-state index contributed by atoms with van der Waals surface area (Å²) in [5.41, 5.74) is 9.49. The second kappa shape index (κ2) is 11.9. The van der Waals surface area contributed by atoms with Crippen molar-refractivity contribution in [3.05, 3.63) is 128 Å². The Kier molecular flexibility index (Phi) is 7.91. The fourth-order valence-corrected chi connectivity index (χ4v) is 9.05. The molecule has 6 heterocycles. The Balaban J connectivity index is 0.000000174. The summed E-state index contributed by atoms with van der Waals surface area (Å²) >= 11 is 0. The second-order valence-electron chi connectivity index (χ2n) is 10.5. The van der Waals surface area contributed by atoms with Gasteiger partial charge in [0.05, 0.1) is 8.07 Å². The molecule has 5 aromatic heterocycles. The van der Waals surface area contributed by atoms with Crippen molar-refractivity contribution in [2.24, 2.45) is 0 Å². The van der Waals surface area contributed by atoms with Gasteiger partial charge in [-0.1, -0.05) is 60.4 Å². The maximum absolute atomic E-state index is 5.17. The third-order valence-corrected chi connectivity index (χ3v) is 11.2. The fourth-order valence-electron chi connectivity index (χ4n) is 5.68. The normalized spacial score (nSPS) is 12.4. The van der Waals surface area contributed by atoms with Crippen LogP contribution in [0.4, 0.5) is 0 Å². The minimum Gasteiger partial charge on any atom is -0.366 e. The van der Waals surface area contributed by atoms with Gasteiger partial charge in [0, 0.05) is 73.8 Å². The molecule has 0 atom stereocenters. The Labute approximate surface area is 264 Å². The van der Waals surface area contributed by atoms with Gasteiger partial charge in [-0.3, -0.25) is 9.97 Å². The summed E-state index contributed by atoms with van der Waals surface area (Å²) in [5, 5.41) is 7.79. The zero-order valence-corrected chi connectivity index (χ0v) is 26.8. The standard InChI is InChI=1S/C24H19N2Si.C11H6N3O.Ir/c1-27(2)23-12-11-17(18-7-6-13-25-16-18)15-21(23)19-8-5-9-20(24(19)27)22-10-3-4-14-26-22;1-2-8(6-12-4-1)11-9-7-13-5-3-10(9)15-14-11;/h3-8,10-16H,1-2H3;1-5,7H;/q2*-1;. The van der Waals surface area contributed by atoms with Crippen molar-refractivity contribution < 1.29 is 24.6 Å². The second-order valence-corrected chi connectivity index (χ2v) is 14.8. The minimum atomic E-state index is -1.82. The van der Waals surface area contributed by atoms with Crippen LogP contribution < -0.4 is 10.4 Å². The molecule has 211 valence electrons. The molecule has 0 aliphatic carbocycles. The van der Waals surface area contributed by atoms with Crippen molar-refractivity contribution in [1.82, 2.24) is 25.1 Å². The first-order chi connectivity index (χ1) is 20.6. The van der Waals surface area contributed by atoms with Gasteiger partial charge in [-0.05, 0) is 41.2 Å². The number of hydrogen-bond donors (Lipinski definition) is 0. The van der Waals surface area contributed by atoms with Crippen molar-refractivity contribution in [1.29, 1.82) is 0 Å². The zero-order valence-electron chi connectivity index (χ0n) is 23.4. The van der Waals surface area contributed by atoms with Gasteiger partial charge in [0.2, 0.25) is 0 Å². The molecule has 1 aliphatic rings. The molecule has 0 amide bonds. The largest absolute Gasteiger partial charge is 0.366 e. The molecular weight excluding hydrogens is 727 g/mol. The molecule has 1 radical (unpaired) electrons. The molecule has 0 bridgehead atoms. The van der Waals surface area contributed by atoms with Crippen LogP contribution in [0.2, 0.25) is 13.1 Å². The summed E-state index contributed by atoms with van der Waals surface area (Å²) in [6.07, 6.45) is 13.5. The van der Waals surface area contributed by atoms with Gasteiger partial charge >= 0.3 is 0 Å². The molecule has 0 fully saturated rings. The first kappa shape index (κ1) is 28.5. The molecule has 8 heteroatoms. The molecule has 43 heavy (non-hydrogen) atoms. The fraction of sp³-hybridized carbons (Fsp3) is 0.0571. The molecule has 7 aromatic rings. The first-order valence-electron chi connectivity index (χ1n) is 13.7. The summed E-state index contributed by atoms with van der Waals surface area (Å²) in [6.45, 7) is 4.86. The van der Waals surface area contributed by atoms with Crippen LogP contribution in [0.25, 0.3) is 55.7 Å². The van der Waals surface area contributed by atoms with Crippen LogP contribution in [0.5, 0.6) is 0 Å². The van der Waals surface area contributed by atoms with Crippen LogP contribution >= 0.6 is 0 Å². The minimum absolute atomic E-state index is 0. The van der Waals surface area contributed by atoms with Gasteiger partial charge in [-0.15, -0.1) is 51.8 Å². The summed E-state index contributed by atoms with van der Waals surface area (Å²) in [4.78, 5) is 16.8. The van der Waals surface area contributed by atoms with E-state index in [4.69, 9.17) is 4.52 Å². The number of nitrogens with zero attached hydrogens (tertiary/aromatic N) is 5. The van der Waals surface area contributed by atoms with E-state index in [0.717, 1.165) is 39.0 Å². The summed E-state index contributed by atoms with van der Waals surface area (Å²) in [5.74, 6) is 0. The maximum Gasteiger partial charge on any atom is 0.160 e. The molecule has 8 rings (SSSR count). The first-order valence-corrected chi connectivity index (χ1v) is 16.7. The molecule has 0 unspecified atom stereocenters. The van der Waals surface area contributed by atoms with Crippen molar-refractivity contribution in [3.63, 3.8) is 0 Å². The number of aromatic nitrogens is 5. The van der Waals surface area contributed by atoms with E-state index in [-0.39, 0.29) is 20.1 Å². The van der Waals surface area contributed by atoms with Crippen LogP contribution in [0.1, 0.15) is 0 Å². The van der Waals surface area contributed by atoms with Gasteiger partial charge < -0.3 is 14.5 Å². The molecule has 0 N–H and O–H groups in total. The number of fused-ring (bicyclic) bond motifs is 4. The third kappa shape index (κ3) is 5.25. The Morgan fingerprint density at radius 2 is 1.65 bits per heavy atom. The predicted octanol–water partition coefficient (Wildman–Crippen LogP) is 6.50. The molecule has 2 aromatic carbocycles. The quantitative estimate of drug-likeness (QED) is 0.152. The average molecular weight is 752 g/mol. The zero-order chi connectivity index (χ0) is 28.5. The number of rotatable bonds is 3. The van der Waals surface area contributed by atoms with Gasteiger partial charge in [-0.25, -0.2) is 0 Å². The van der Waals surface area contributed by atoms with E-state index >= 15 is 0 Å². The van der Waals surface area contributed by atoms with E-state index < -0.39 is 8.07 Å². The van der Waals surface area contributed by atoms with Crippen LogP contribution in [-0.2, 0) is 20.1 Å². The number of hydrogen-bond acceptors (Lipinski definition) is 6. The summed E-state index contributed by atoms with van der Waals surface area (Å²) in [7, 11) is -1.82. The Morgan fingerprint density at radius 1 is 0.767 bits per heavy atom. The van der Waals surface area contributed by atoms with E-state index in [9.17, 15) is 0 Å². The van der Waals surface area contributed by atoms with Gasteiger partial charge in [0.25, 0.3) is 0 Å². The van der Waals surface area contributed by atoms with Gasteiger partial charge in [-0.2, -0.15) is 0 Å². The Morgan fingerprint density at radius 3 is 2.44 bits per heavy atom. The van der Waals surface area contributed by atoms with Crippen molar-refractivity contribution >= 4 is 29.4 Å². The van der Waals surface area contributed by atoms with Crippen LogP contribution in [-0.4, -0.2) is 33.2 Å². The molecular formula is C35H25IrN5OSi-2. The van der Waals surface area contributed by atoms with Crippen LogP contribution in [0, 0.1) is 12.3 Å². The van der Waals surface area contributed by atoms with E-state index in [1.807, 2.05) is 55.0 Å². The number of benzene rings is 2. The van der Waals surface area contributed by atoms with Gasteiger partial charge in [0.1, 0.15) is 0 Å². The molecule has 6 nitrogen and oxygen atoms in total. The van der Waals surface area contributed by atoms with Gasteiger partial charge in [0.15, 0.2) is 5.58 Å². The SMILES string of the molecule is C[Si]1(C)c2ccc(-c3cccnc3)cc2-c2cc[c-]c(-c3ccccn3)c21.[Ir].[c-]1ncccc1-c1noc2ccncc12. The topological polar surface area (TPSA) is 77.6 Å². The van der Waals surface area contributed by atoms with Crippen LogP contribution in [0.3, 0.4) is 0 Å². The average Bonchev–Trinajstić information content (AvgIpc) is 3.59. The molecule has 1 aliphatic heterocycles. The van der Waals surface area contributed by atoms with Crippen molar-refractivity contribution in [2.75, 3.05) is 0 Å².